The van der Waals surface area contributed by atoms with Crippen LogP contribution in [0.3, 0.4) is 0 Å². The number of allylic oxidation sites excluding steroid dienone is 2. The maximum absolute atomic E-state index is 13.0. The monoisotopic (exact) mass is 362 g/mol. The van der Waals surface area contributed by atoms with Crippen LogP contribution in [0.2, 0.25) is 0 Å². The maximum atomic E-state index is 13.0. The van der Waals surface area contributed by atoms with Crippen LogP contribution in [0, 0.1) is 0 Å². The summed E-state index contributed by atoms with van der Waals surface area (Å²) in [5, 5.41) is 9.08. The Morgan fingerprint density at radius 2 is 1.74 bits per heavy atom. The first-order valence-corrected chi connectivity index (χ1v) is 8.88. The molecule has 0 radical (unpaired) electrons. The standard InChI is InChI=1S/C21H18N2O4/c24-18-3-1-2-17-20(18)16(13-8-10-22-11-9-13)12-19(25)23(17)15-6-4-14(5-7-15)21(26)27/h4-11,16H,1-3,12H2,(H,26,27). The van der Waals surface area contributed by atoms with E-state index in [-0.39, 0.29) is 29.6 Å². The fourth-order valence-electron chi connectivity index (χ4n) is 3.93. The molecule has 0 bridgehead atoms. The number of hydrogen-bond donors (Lipinski definition) is 1. The van der Waals surface area contributed by atoms with Crippen molar-refractivity contribution < 1.29 is 19.5 Å². The maximum Gasteiger partial charge on any atom is 0.335 e. The quantitative estimate of drug-likeness (QED) is 0.905. The van der Waals surface area contributed by atoms with Crippen molar-refractivity contribution in [3.05, 3.63) is 71.2 Å². The minimum atomic E-state index is -1.02. The molecule has 1 aromatic carbocycles. The molecule has 4 rings (SSSR count). The van der Waals surface area contributed by atoms with E-state index in [1.165, 1.54) is 12.1 Å². The Labute approximate surface area is 156 Å². The topological polar surface area (TPSA) is 87.6 Å². The molecule has 0 saturated heterocycles. The van der Waals surface area contributed by atoms with E-state index >= 15 is 0 Å². The van der Waals surface area contributed by atoms with Gasteiger partial charge in [0, 0.05) is 48.1 Å². The SMILES string of the molecule is O=C1CCCC2=C1C(c1ccncc1)CC(=O)N2c1ccc(C(=O)O)cc1. The number of carboxylic acids is 1. The van der Waals surface area contributed by atoms with Crippen LogP contribution in [-0.4, -0.2) is 27.8 Å². The summed E-state index contributed by atoms with van der Waals surface area (Å²) in [7, 11) is 0. The van der Waals surface area contributed by atoms with Crippen molar-refractivity contribution in [2.45, 2.75) is 31.6 Å². The summed E-state index contributed by atoms with van der Waals surface area (Å²) < 4.78 is 0. The first kappa shape index (κ1) is 17.1. The second-order valence-electron chi connectivity index (χ2n) is 6.76. The van der Waals surface area contributed by atoms with Crippen LogP contribution >= 0.6 is 0 Å². The Morgan fingerprint density at radius 1 is 1.04 bits per heavy atom. The zero-order valence-corrected chi connectivity index (χ0v) is 14.6. The molecule has 0 saturated carbocycles. The van der Waals surface area contributed by atoms with E-state index in [2.05, 4.69) is 4.98 Å². The highest BCUT2D eigenvalue weighted by Crippen LogP contribution is 2.43. The van der Waals surface area contributed by atoms with Crippen molar-refractivity contribution in [1.82, 2.24) is 4.98 Å². The number of carboxylic acid groups (broad SMARTS) is 1. The lowest BCUT2D eigenvalue weighted by atomic mass is 9.77. The third-order valence-corrected chi connectivity index (χ3v) is 5.16. The molecule has 6 nitrogen and oxygen atoms in total. The van der Waals surface area contributed by atoms with Gasteiger partial charge in [0.05, 0.1) is 5.56 Å². The highest BCUT2D eigenvalue weighted by Gasteiger charge is 2.39. The minimum absolute atomic E-state index is 0.0812. The van der Waals surface area contributed by atoms with E-state index in [1.807, 2.05) is 12.1 Å². The van der Waals surface area contributed by atoms with Crippen molar-refractivity contribution in [3.63, 3.8) is 0 Å². The van der Waals surface area contributed by atoms with Crippen molar-refractivity contribution in [2.24, 2.45) is 0 Å². The number of rotatable bonds is 3. The number of anilines is 1. The van der Waals surface area contributed by atoms with E-state index in [9.17, 15) is 14.4 Å². The van der Waals surface area contributed by atoms with Gasteiger partial charge < -0.3 is 5.11 Å². The number of carbonyl (C=O) groups excluding carboxylic acids is 2. The van der Waals surface area contributed by atoms with E-state index in [1.54, 1.807) is 29.4 Å². The van der Waals surface area contributed by atoms with Crippen LogP contribution < -0.4 is 4.90 Å². The molecule has 0 fully saturated rings. The lowest BCUT2D eigenvalue weighted by molar-refractivity contribution is -0.119. The molecule has 2 aliphatic rings. The van der Waals surface area contributed by atoms with Crippen LogP contribution in [0.15, 0.2) is 60.1 Å². The van der Waals surface area contributed by atoms with Gasteiger partial charge in [0.15, 0.2) is 5.78 Å². The number of nitrogens with zero attached hydrogens (tertiary/aromatic N) is 2. The molecule has 0 spiro atoms. The van der Waals surface area contributed by atoms with Gasteiger partial charge in [-0.15, -0.1) is 0 Å². The molecule has 1 aromatic heterocycles. The Kier molecular flexibility index (Phi) is 4.32. The largest absolute Gasteiger partial charge is 0.478 e. The van der Waals surface area contributed by atoms with Gasteiger partial charge in [-0.3, -0.25) is 19.5 Å². The van der Waals surface area contributed by atoms with Crippen LogP contribution in [-0.2, 0) is 9.59 Å². The molecular formula is C21H18N2O4. The molecule has 1 aliphatic heterocycles. The summed E-state index contributed by atoms with van der Waals surface area (Å²) in [6.07, 6.45) is 5.39. The molecule has 1 N–H and O–H groups in total. The molecule has 6 heteroatoms. The van der Waals surface area contributed by atoms with E-state index in [0.717, 1.165) is 11.3 Å². The minimum Gasteiger partial charge on any atom is -0.478 e. The molecule has 1 unspecified atom stereocenters. The van der Waals surface area contributed by atoms with Gasteiger partial charge in [0.25, 0.3) is 0 Å². The summed E-state index contributed by atoms with van der Waals surface area (Å²) in [6, 6.07) is 9.90. The number of ketones is 1. The number of benzene rings is 1. The Hall–Kier alpha value is -3.28. The Balaban J connectivity index is 1.81. The number of carbonyl (C=O) groups is 3. The highest BCUT2D eigenvalue weighted by molar-refractivity contribution is 6.07. The molecule has 136 valence electrons. The van der Waals surface area contributed by atoms with E-state index < -0.39 is 5.97 Å². The lowest BCUT2D eigenvalue weighted by Gasteiger charge is -2.38. The second kappa shape index (κ2) is 6.79. The third-order valence-electron chi connectivity index (χ3n) is 5.16. The van der Waals surface area contributed by atoms with Crippen LogP contribution in [0.25, 0.3) is 0 Å². The summed E-state index contributed by atoms with van der Waals surface area (Å²) in [5.41, 5.74) is 3.12. The van der Waals surface area contributed by atoms with Gasteiger partial charge >= 0.3 is 5.97 Å². The fourth-order valence-corrected chi connectivity index (χ4v) is 3.93. The van der Waals surface area contributed by atoms with Gasteiger partial charge in [-0.2, -0.15) is 0 Å². The summed E-state index contributed by atoms with van der Waals surface area (Å²) in [5.74, 6) is -1.28. The average Bonchev–Trinajstić information content (AvgIpc) is 2.68. The van der Waals surface area contributed by atoms with Crippen molar-refractivity contribution in [3.8, 4) is 0 Å². The molecule has 1 atom stereocenters. The Bertz CT molecular complexity index is 948. The first-order chi connectivity index (χ1) is 13.1. The number of Topliss-reactive ketones (excluding diaryl/α,β-unsaturated/α-hetero) is 1. The summed E-state index contributed by atoms with van der Waals surface area (Å²) in [4.78, 5) is 42.5. The van der Waals surface area contributed by atoms with Gasteiger partial charge in [0.2, 0.25) is 5.91 Å². The predicted molar refractivity (Wildman–Crippen MR) is 98.4 cm³/mol. The highest BCUT2D eigenvalue weighted by atomic mass is 16.4. The smallest absolute Gasteiger partial charge is 0.335 e. The molecular weight excluding hydrogens is 344 g/mol. The van der Waals surface area contributed by atoms with Crippen LogP contribution in [0.1, 0.15) is 47.5 Å². The number of pyridine rings is 1. The van der Waals surface area contributed by atoms with Gasteiger partial charge in [-0.05, 0) is 54.8 Å². The third kappa shape index (κ3) is 3.03. The van der Waals surface area contributed by atoms with E-state index in [4.69, 9.17) is 5.11 Å². The first-order valence-electron chi connectivity index (χ1n) is 8.88. The van der Waals surface area contributed by atoms with Crippen molar-refractivity contribution >= 4 is 23.3 Å². The normalized spacial score (nSPS) is 19.9. The molecule has 2 aromatic rings. The zero-order chi connectivity index (χ0) is 19.0. The van der Waals surface area contributed by atoms with Crippen LogP contribution in [0.5, 0.6) is 0 Å². The van der Waals surface area contributed by atoms with Gasteiger partial charge in [-0.25, -0.2) is 4.79 Å². The van der Waals surface area contributed by atoms with Crippen LogP contribution in [0.4, 0.5) is 5.69 Å². The molecule has 1 aliphatic carbocycles. The predicted octanol–water partition coefficient (Wildman–Crippen LogP) is 3.31. The Morgan fingerprint density at radius 3 is 2.41 bits per heavy atom. The van der Waals surface area contributed by atoms with E-state index in [0.29, 0.717) is 30.5 Å². The molecule has 1 amide bonds. The summed E-state index contributed by atoms with van der Waals surface area (Å²) >= 11 is 0. The van der Waals surface area contributed by atoms with Crippen molar-refractivity contribution in [1.29, 1.82) is 0 Å². The van der Waals surface area contributed by atoms with Crippen molar-refractivity contribution in [2.75, 3.05) is 4.90 Å². The lowest BCUT2D eigenvalue weighted by Crippen LogP contribution is -2.40. The second-order valence-corrected chi connectivity index (χ2v) is 6.76. The summed E-state index contributed by atoms with van der Waals surface area (Å²) in [6.45, 7) is 0. The average molecular weight is 362 g/mol. The number of aromatic carboxylic acids is 1. The molecule has 27 heavy (non-hydrogen) atoms. The number of aromatic nitrogens is 1. The number of amides is 1. The van der Waals surface area contributed by atoms with Gasteiger partial charge in [0.1, 0.15) is 0 Å². The molecule has 2 heterocycles. The van der Waals surface area contributed by atoms with Gasteiger partial charge in [-0.1, -0.05) is 0 Å². The number of hydrogen-bond acceptors (Lipinski definition) is 4. The fraction of sp³-hybridized carbons (Fsp3) is 0.238. The zero-order valence-electron chi connectivity index (χ0n) is 14.6.